The Morgan fingerprint density at radius 1 is 0.882 bits per heavy atom. The monoisotopic (exact) mass is 488 g/mol. The fourth-order valence-corrected chi connectivity index (χ4v) is 4.96. The van der Waals surface area contributed by atoms with E-state index in [1.165, 1.54) is 44.9 Å². The average Bonchev–Trinajstić information content (AvgIpc) is 2.73. The molecule has 0 saturated carbocycles. The highest BCUT2D eigenvalue weighted by Crippen LogP contribution is 2.37. The number of hydrogen-bond donors (Lipinski definition) is 5. The van der Waals surface area contributed by atoms with Crippen LogP contribution in [0.5, 0.6) is 0 Å². The second-order valence-corrected chi connectivity index (χ2v) is 11.9. The summed E-state index contributed by atoms with van der Waals surface area (Å²) in [6.07, 6.45) is 7.93. The van der Waals surface area contributed by atoms with Gasteiger partial charge in [-0.15, -0.1) is 0 Å². The quantitative estimate of drug-likeness (QED) is 0.166. The van der Waals surface area contributed by atoms with E-state index in [0.717, 1.165) is 12.8 Å². The predicted octanol–water partition coefficient (Wildman–Crippen LogP) is 3.69. The van der Waals surface area contributed by atoms with Crippen LogP contribution in [0.25, 0.3) is 0 Å². The van der Waals surface area contributed by atoms with Gasteiger partial charge in [-0.3, -0.25) is 0 Å². The summed E-state index contributed by atoms with van der Waals surface area (Å²) in [5.41, 5.74) is 0.811. The molecular weight excluding hydrogens is 436 g/mol. The highest BCUT2D eigenvalue weighted by atomic mass is 16.7. The van der Waals surface area contributed by atoms with Crippen molar-refractivity contribution in [1.82, 2.24) is 0 Å². The summed E-state index contributed by atoms with van der Waals surface area (Å²) in [5.74, 6) is 0. The number of allylic oxidation sites excluding steroid dienone is 1. The zero-order valence-electron chi connectivity index (χ0n) is 22.2. The highest BCUT2D eigenvalue weighted by molar-refractivity contribution is 4.90. The molecule has 0 aromatic rings. The minimum absolute atomic E-state index is 0.112. The van der Waals surface area contributed by atoms with Crippen molar-refractivity contribution < 1.29 is 35.0 Å². The normalized spacial score (nSPS) is 27.4. The Bertz CT molecular complexity index is 556. The standard InChI is InChI=1S/C27H52O7/c1-26(2,3)19-27(4,5)16-13-11-9-7-6-8-10-12-14-20(29)15-17-33-25-24(32)23(31)22(30)21(18-28)34-25/h12,14,20-25,28-32H,6-11,13,15-19H2,1-5H3/b14-12+/t20-,21?,22-,23+,24?,25-/m1/s1. The molecule has 1 aliphatic rings. The van der Waals surface area contributed by atoms with E-state index < -0.39 is 43.4 Å². The van der Waals surface area contributed by atoms with Crippen LogP contribution in [0.2, 0.25) is 0 Å². The lowest BCUT2D eigenvalue weighted by Gasteiger charge is -2.39. The van der Waals surface area contributed by atoms with Crippen LogP contribution in [0.3, 0.4) is 0 Å². The SMILES string of the molecule is CC(C)(C)CC(C)(C)CCCCCCCC/C=C/[C@@H](O)CCO[C@@H]1OC(CO)[C@@H](O)[C@H](O)C1O. The molecule has 7 nitrogen and oxygen atoms in total. The molecule has 5 N–H and O–H groups in total. The van der Waals surface area contributed by atoms with Crippen LogP contribution in [0.1, 0.15) is 98.8 Å². The fraction of sp³-hybridized carbons (Fsp3) is 0.926. The van der Waals surface area contributed by atoms with Crippen molar-refractivity contribution in [2.75, 3.05) is 13.2 Å². The van der Waals surface area contributed by atoms with Crippen molar-refractivity contribution in [3.63, 3.8) is 0 Å². The molecule has 0 radical (unpaired) electrons. The van der Waals surface area contributed by atoms with E-state index in [2.05, 4.69) is 34.6 Å². The number of ether oxygens (including phenoxy) is 2. The Kier molecular flexibility index (Phi) is 14.4. The van der Waals surface area contributed by atoms with E-state index in [0.29, 0.717) is 17.3 Å². The lowest BCUT2D eigenvalue weighted by molar-refractivity contribution is -0.301. The van der Waals surface area contributed by atoms with E-state index in [1.54, 1.807) is 6.08 Å². The average molecular weight is 489 g/mol. The van der Waals surface area contributed by atoms with E-state index in [1.807, 2.05) is 6.08 Å². The summed E-state index contributed by atoms with van der Waals surface area (Å²) in [6.45, 7) is 11.4. The minimum Gasteiger partial charge on any atom is -0.394 e. The van der Waals surface area contributed by atoms with Gasteiger partial charge in [0.05, 0.1) is 19.3 Å². The first kappa shape index (κ1) is 31.5. The summed E-state index contributed by atoms with van der Waals surface area (Å²) in [6, 6.07) is 0. The van der Waals surface area contributed by atoms with E-state index in [9.17, 15) is 25.5 Å². The van der Waals surface area contributed by atoms with Gasteiger partial charge in [-0.25, -0.2) is 0 Å². The van der Waals surface area contributed by atoms with E-state index in [4.69, 9.17) is 9.47 Å². The van der Waals surface area contributed by atoms with Gasteiger partial charge < -0.3 is 35.0 Å². The first-order valence-electron chi connectivity index (χ1n) is 13.1. The fourth-order valence-electron chi connectivity index (χ4n) is 4.96. The summed E-state index contributed by atoms with van der Waals surface area (Å²) in [4.78, 5) is 0. The Balaban J connectivity index is 2.07. The third-order valence-electron chi connectivity index (χ3n) is 6.39. The molecule has 0 aliphatic carbocycles. The summed E-state index contributed by atoms with van der Waals surface area (Å²) >= 11 is 0. The van der Waals surface area contributed by atoms with Crippen molar-refractivity contribution >= 4 is 0 Å². The maximum Gasteiger partial charge on any atom is 0.186 e. The number of unbranched alkanes of at least 4 members (excludes halogenated alkanes) is 6. The summed E-state index contributed by atoms with van der Waals surface area (Å²) in [5, 5.41) is 48.7. The Labute approximate surface area is 207 Å². The van der Waals surface area contributed by atoms with Crippen LogP contribution in [-0.4, -0.2) is 75.6 Å². The molecule has 1 saturated heterocycles. The van der Waals surface area contributed by atoms with Gasteiger partial charge in [-0.1, -0.05) is 78.9 Å². The van der Waals surface area contributed by atoms with Crippen LogP contribution in [0.4, 0.5) is 0 Å². The molecule has 0 bridgehead atoms. The maximum absolute atomic E-state index is 10.1. The second kappa shape index (κ2) is 15.5. The van der Waals surface area contributed by atoms with Crippen LogP contribution in [0.15, 0.2) is 12.2 Å². The van der Waals surface area contributed by atoms with Crippen LogP contribution < -0.4 is 0 Å². The summed E-state index contributed by atoms with van der Waals surface area (Å²) in [7, 11) is 0. The third-order valence-corrected chi connectivity index (χ3v) is 6.39. The van der Waals surface area contributed by atoms with Gasteiger partial charge in [-0.2, -0.15) is 0 Å². The van der Waals surface area contributed by atoms with Crippen molar-refractivity contribution in [1.29, 1.82) is 0 Å². The Morgan fingerprint density at radius 3 is 2.12 bits per heavy atom. The van der Waals surface area contributed by atoms with Crippen LogP contribution in [0, 0.1) is 10.8 Å². The molecule has 1 aliphatic heterocycles. The molecule has 0 spiro atoms. The third kappa shape index (κ3) is 13.0. The smallest absolute Gasteiger partial charge is 0.186 e. The topological polar surface area (TPSA) is 120 Å². The van der Waals surface area contributed by atoms with Gasteiger partial charge in [0.1, 0.15) is 24.4 Å². The number of aliphatic hydroxyl groups excluding tert-OH is 5. The molecular formula is C27H52O7. The minimum atomic E-state index is -1.46. The zero-order chi connectivity index (χ0) is 25.8. The van der Waals surface area contributed by atoms with Gasteiger partial charge >= 0.3 is 0 Å². The van der Waals surface area contributed by atoms with Gasteiger partial charge in [0.15, 0.2) is 6.29 Å². The van der Waals surface area contributed by atoms with Gasteiger partial charge in [0.25, 0.3) is 0 Å². The van der Waals surface area contributed by atoms with Gasteiger partial charge in [-0.05, 0) is 36.5 Å². The van der Waals surface area contributed by atoms with Crippen molar-refractivity contribution in [2.45, 2.75) is 136 Å². The molecule has 0 amide bonds. The van der Waals surface area contributed by atoms with Crippen LogP contribution in [-0.2, 0) is 9.47 Å². The van der Waals surface area contributed by atoms with Crippen molar-refractivity contribution in [2.24, 2.45) is 10.8 Å². The molecule has 2 unspecified atom stereocenters. The molecule has 0 aromatic heterocycles. The largest absolute Gasteiger partial charge is 0.394 e. The molecule has 1 heterocycles. The molecule has 0 aromatic carbocycles. The maximum atomic E-state index is 10.1. The molecule has 202 valence electrons. The molecule has 1 rings (SSSR count). The zero-order valence-corrected chi connectivity index (χ0v) is 22.2. The van der Waals surface area contributed by atoms with Gasteiger partial charge in [0.2, 0.25) is 0 Å². The Morgan fingerprint density at radius 2 is 1.50 bits per heavy atom. The lowest BCUT2D eigenvalue weighted by atomic mass is 9.73. The molecule has 6 atom stereocenters. The van der Waals surface area contributed by atoms with Gasteiger partial charge in [0, 0.05) is 6.42 Å². The first-order chi connectivity index (χ1) is 15.9. The van der Waals surface area contributed by atoms with E-state index in [-0.39, 0.29) is 6.61 Å². The van der Waals surface area contributed by atoms with Crippen LogP contribution >= 0.6 is 0 Å². The lowest BCUT2D eigenvalue weighted by Crippen LogP contribution is -2.59. The summed E-state index contributed by atoms with van der Waals surface area (Å²) < 4.78 is 10.7. The highest BCUT2D eigenvalue weighted by Gasteiger charge is 2.43. The first-order valence-corrected chi connectivity index (χ1v) is 13.1. The second-order valence-electron chi connectivity index (χ2n) is 11.9. The number of rotatable bonds is 16. The number of aliphatic hydroxyl groups is 5. The van der Waals surface area contributed by atoms with Crippen molar-refractivity contribution in [3.8, 4) is 0 Å². The molecule has 1 fully saturated rings. The molecule has 7 heteroatoms. The van der Waals surface area contributed by atoms with Crippen molar-refractivity contribution in [3.05, 3.63) is 12.2 Å². The predicted molar refractivity (Wildman–Crippen MR) is 134 cm³/mol. The molecule has 34 heavy (non-hydrogen) atoms. The Hall–Kier alpha value is -0.540. The van der Waals surface area contributed by atoms with E-state index >= 15 is 0 Å². The number of hydrogen-bond acceptors (Lipinski definition) is 7.